The zero-order chi connectivity index (χ0) is 18.8. The van der Waals surface area contributed by atoms with Crippen LogP contribution >= 0.6 is 0 Å². The van der Waals surface area contributed by atoms with Crippen LogP contribution in [0.15, 0.2) is 24.4 Å². The number of rotatable bonds is 6. The Morgan fingerprint density at radius 2 is 2.19 bits per heavy atom. The molecular weight excluding hydrogens is 334 g/mol. The first-order chi connectivity index (χ1) is 12.3. The van der Waals surface area contributed by atoms with Crippen LogP contribution in [-0.4, -0.2) is 35.6 Å². The molecule has 2 heterocycles. The minimum Gasteiger partial charge on any atom is -0.490 e. The summed E-state index contributed by atoms with van der Waals surface area (Å²) in [6, 6.07) is 5.15. The minimum absolute atomic E-state index is 0.0377. The van der Waals surface area contributed by atoms with Crippen molar-refractivity contribution in [2.45, 2.75) is 39.3 Å². The van der Waals surface area contributed by atoms with E-state index in [1.807, 2.05) is 20.8 Å². The van der Waals surface area contributed by atoms with E-state index < -0.39 is 5.91 Å². The second-order valence-electron chi connectivity index (χ2n) is 6.88. The Morgan fingerprint density at radius 1 is 1.42 bits per heavy atom. The van der Waals surface area contributed by atoms with E-state index in [2.05, 4.69) is 10.3 Å². The fraction of sp³-hybridized carbons (Fsp3) is 0.421. The molecule has 0 unspecified atom stereocenters. The van der Waals surface area contributed by atoms with Crippen molar-refractivity contribution >= 4 is 22.6 Å². The molecule has 2 atom stereocenters. The number of nitrogens with zero attached hydrogens (tertiary/aromatic N) is 1. The maximum absolute atomic E-state index is 11.8. The lowest BCUT2D eigenvalue weighted by molar-refractivity contribution is -0.119. The van der Waals surface area contributed by atoms with E-state index in [4.69, 9.17) is 15.2 Å². The molecule has 0 radical (unpaired) electrons. The highest BCUT2D eigenvalue weighted by atomic mass is 16.5. The number of carbonyl (C=O) groups excluding carboxylic acids is 2. The molecule has 1 aromatic heterocycles. The van der Waals surface area contributed by atoms with Crippen LogP contribution in [0.5, 0.6) is 11.6 Å². The van der Waals surface area contributed by atoms with Gasteiger partial charge in [-0.25, -0.2) is 4.98 Å². The monoisotopic (exact) mass is 357 g/mol. The standard InChI is InChI=1S/C19H23N3O4/c1-10(2)26-16-8-13-12(7-14(16)18(20)24)4-5-21-19(13)25-9-15-11(3)6-17(23)22-15/h4-5,7-8,10-11,15H,6,9H2,1-3H3,(H2,20,24)(H,22,23)/t11-,15+/m0/s1. The molecule has 7 heteroatoms. The lowest BCUT2D eigenvalue weighted by Crippen LogP contribution is -2.34. The number of benzene rings is 1. The first kappa shape index (κ1) is 18.0. The first-order valence-electron chi connectivity index (χ1n) is 8.66. The van der Waals surface area contributed by atoms with Crippen LogP contribution < -0.4 is 20.5 Å². The normalized spacial score (nSPS) is 19.6. The van der Waals surface area contributed by atoms with Crippen LogP contribution in [0.4, 0.5) is 0 Å². The summed E-state index contributed by atoms with van der Waals surface area (Å²) in [6.07, 6.45) is 2.01. The third kappa shape index (κ3) is 3.71. The molecule has 26 heavy (non-hydrogen) atoms. The van der Waals surface area contributed by atoms with Crippen molar-refractivity contribution in [2.24, 2.45) is 11.7 Å². The Hall–Kier alpha value is -2.83. The Balaban J connectivity index is 1.93. The number of pyridine rings is 1. The molecule has 0 bridgehead atoms. The number of hydrogen-bond acceptors (Lipinski definition) is 5. The number of nitrogens with one attached hydrogen (secondary N) is 1. The van der Waals surface area contributed by atoms with Crippen LogP contribution in [0.1, 0.15) is 37.6 Å². The minimum atomic E-state index is -0.552. The van der Waals surface area contributed by atoms with Gasteiger partial charge in [-0.3, -0.25) is 9.59 Å². The average Bonchev–Trinajstić information content (AvgIpc) is 2.89. The highest BCUT2D eigenvalue weighted by molar-refractivity contribution is 6.01. The van der Waals surface area contributed by atoms with Gasteiger partial charge in [0.2, 0.25) is 11.8 Å². The van der Waals surface area contributed by atoms with Crippen LogP contribution in [-0.2, 0) is 4.79 Å². The van der Waals surface area contributed by atoms with E-state index in [0.717, 1.165) is 10.8 Å². The third-order valence-electron chi connectivity index (χ3n) is 4.40. The van der Waals surface area contributed by atoms with Gasteiger partial charge >= 0.3 is 0 Å². The highest BCUT2D eigenvalue weighted by Crippen LogP contribution is 2.31. The number of aromatic nitrogens is 1. The van der Waals surface area contributed by atoms with Crippen molar-refractivity contribution in [1.82, 2.24) is 10.3 Å². The van der Waals surface area contributed by atoms with E-state index >= 15 is 0 Å². The molecule has 1 aliphatic rings. The van der Waals surface area contributed by atoms with E-state index in [0.29, 0.717) is 30.2 Å². The molecule has 2 aromatic rings. The Kier molecular flexibility index (Phi) is 4.97. The predicted octanol–water partition coefficient (Wildman–Crippen LogP) is 2.02. The van der Waals surface area contributed by atoms with Gasteiger partial charge in [0.05, 0.1) is 17.7 Å². The van der Waals surface area contributed by atoms with Crippen LogP contribution in [0, 0.1) is 5.92 Å². The second-order valence-corrected chi connectivity index (χ2v) is 6.88. The number of hydrogen-bond donors (Lipinski definition) is 2. The zero-order valence-corrected chi connectivity index (χ0v) is 15.1. The summed E-state index contributed by atoms with van der Waals surface area (Å²) in [7, 11) is 0. The van der Waals surface area contributed by atoms with Gasteiger partial charge in [-0.1, -0.05) is 6.92 Å². The summed E-state index contributed by atoms with van der Waals surface area (Å²) in [4.78, 5) is 27.5. The Bertz CT molecular complexity index is 850. The molecule has 0 aliphatic carbocycles. The second kappa shape index (κ2) is 7.19. The number of primary amides is 1. The number of amides is 2. The van der Waals surface area contributed by atoms with Crippen LogP contribution in [0.2, 0.25) is 0 Å². The Labute approximate surface area is 151 Å². The molecule has 1 fully saturated rings. The largest absolute Gasteiger partial charge is 0.490 e. The fourth-order valence-corrected chi connectivity index (χ4v) is 3.05. The third-order valence-corrected chi connectivity index (χ3v) is 4.40. The SMILES string of the molecule is CC(C)Oc1cc2c(OC[C@H]3NC(=O)C[C@@H]3C)nccc2cc1C(N)=O. The quantitative estimate of drug-likeness (QED) is 0.823. The molecule has 138 valence electrons. The summed E-state index contributed by atoms with van der Waals surface area (Å²) >= 11 is 0. The first-order valence-corrected chi connectivity index (χ1v) is 8.66. The van der Waals surface area contributed by atoms with Gasteiger partial charge in [-0.2, -0.15) is 0 Å². The molecule has 2 amide bonds. The Morgan fingerprint density at radius 3 is 2.81 bits per heavy atom. The summed E-state index contributed by atoms with van der Waals surface area (Å²) in [5.41, 5.74) is 5.80. The van der Waals surface area contributed by atoms with Gasteiger partial charge in [-0.05, 0) is 43.4 Å². The number of fused-ring (bicyclic) bond motifs is 1. The van der Waals surface area contributed by atoms with Gasteiger partial charge in [0, 0.05) is 18.0 Å². The van der Waals surface area contributed by atoms with Crippen molar-refractivity contribution in [3.8, 4) is 11.6 Å². The van der Waals surface area contributed by atoms with E-state index in [-0.39, 0.29) is 24.0 Å². The van der Waals surface area contributed by atoms with Gasteiger partial charge < -0.3 is 20.5 Å². The van der Waals surface area contributed by atoms with Crippen molar-refractivity contribution in [3.05, 3.63) is 30.0 Å². The fourth-order valence-electron chi connectivity index (χ4n) is 3.05. The lowest BCUT2D eigenvalue weighted by Gasteiger charge is -2.18. The summed E-state index contributed by atoms with van der Waals surface area (Å²) in [6.45, 7) is 6.09. The number of nitrogens with two attached hydrogens (primary N) is 1. The zero-order valence-electron chi connectivity index (χ0n) is 15.1. The average molecular weight is 357 g/mol. The maximum atomic E-state index is 11.8. The summed E-state index contributed by atoms with van der Waals surface area (Å²) in [5.74, 6) is 0.527. The van der Waals surface area contributed by atoms with Gasteiger partial charge in [0.15, 0.2) is 0 Å². The van der Waals surface area contributed by atoms with Crippen molar-refractivity contribution in [2.75, 3.05) is 6.61 Å². The topological polar surface area (TPSA) is 104 Å². The van der Waals surface area contributed by atoms with Gasteiger partial charge in [0.1, 0.15) is 12.4 Å². The van der Waals surface area contributed by atoms with E-state index in [1.54, 1.807) is 24.4 Å². The molecule has 3 N–H and O–H groups in total. The molecule has 1 saturated heterocycles. The molecule has 3 rings (SSSR count). The van der Waals surface area contributed by atoms with Crippen LogP contribution in [0.3, 0.4) is 0 Å². The molecule has 1 aliphatic heterocycles. The predicted molar refractivity (Wildman–Crippen MR) is 97.2 cm³/mol. The summed E-state index contributed by atoms with van der Waals surface area (Å²) < 4.78 is 11.6. The van der Waals surface area contributed by atoms with Crippen molar-refractivity contribution in [1.29, 1.82) is 0 Å². The van der Waals surface area contributed by atoms with Crippen molar-refractivity contribution < 1.29 is 19.1 Å². The molecule has 7 nitrogen and oxygen atoms in total. The van der Waals surface area contributed by atoms with Crippen LogP contribution in [0.25, 0.3) is 10.8 Å². The van der Waals surface area contributed by atoms with Crippen molar-refractivity contribution in [3.63, 3.8) is 0 Å². The molecular formula is C19H23N3O4. The van der Waals surface area contributed by atoms with Gasteiger partial charge in [0.25, 0.3) is 5.91 Å². The summed E-state index contributed by atoms with van der Waals surface area (Å²) in [5, 5.41) is 4.41. The van der Waals surface area contributed by atoms with E-state index in [1.165, 1.54) is 0 Å². The van der Waals surface area contributed by atoms with Gasteiger partial charge in [-0.15, -0.1) is 0 Å². The smallest absolute Gasteiger partial charge is 0.252 e. The molecule has 1 aromatic carbocycles. The maximum Gasteiger partial charge on any atom is 0.252 e. The molecule has 0 saturated carbocycles. The lowest BCUT2D eigenvalue weighted by atomic mass is 10.0. The number of carbonyl (C=O) groups is 2. The molecule has 0 spiro atoms. The highest BCUT2D eigenvalue weighted by Gasteiger charge is 2.29. The number of ether oxygens (including phenoxy) is 2. The van der Waals surface area contributed by atoms with E-state index in [9.17, 15) is 9.59 Å².